The topological polar surface area (TPSA) is 752 Å². The summed E-state index contributed by atoms with van der Waals surface area (Å²) in [6, 6.07) is 1.74. The van der Waals surface area contributed by atoms with E-state index in [0.29, 0.717) is 5.57 Å². The van der Waals surface area contributed by atoms with Gasteiger partial charge in [-0.25, -0.2) is 19.1 Å². The van der Waals surface area contributed by atoms with Crippen LogP contribution in [-0.4, -0.2) is 285 Å². The standard InChI is InChI=1S/C96H111Cl3N18O31S2/c1-39(2)26-51(103-5)83(130)111-70-74(124)42-15-18-55(49(97)28-42)144-57-30-44-31-58(79(57)148-94-80(78(128)77(127)59(37-118)146-94)147-63-34-96(4,102)81(129)40(3)143-63)145-56-19-16-43(29-50(56)98)75(125)71-89(136)110-67(92(138)139)47-32-54(120)48(76(126)64(47)46-27-41(14-17-53(46)119)65(85(132)112-71)109-86(133)66(44)108-84(131)52(33-60(100)121)107-88(70)135)35-104-21-22-106-62(123)13-8-7-12-61(122)105-20-11-25-142-115-69(68-82(99)150-95(101)114-68)87(134)113-72-90(137)117-73(93(140)141)45(38-149-91(72)117)36-116-23-9-6-10-24-116/h6,9-10,14-19,23-24,27-32,39-40,51-52,59,63,65-67,70-72,74-75,77-78,80-81,91,94,103-104,118,124-125,127-129H,7-8,11-13,20-22,25-26,33-38,102H2,1-5H3,(H17-,100,101,105,106,107,108,109,110,111,112,113,114,115,119,120,121,122,123,126,130,131,132,133,134,135,136,138,139,140,141)/p+1/t40-,51+,52-,59+,63-,65+,66+,67-,70?,71-,72+,74+,75+,77+,78-,80+,81+,91+,94-,96-/m0/s1. The molecule has 9 aliphatic rings. The second-order valence-corrected chi connectivity index (χ2v) is 40.6. The quantitative estimate of drug-likeness (QED) is 0.00843. The number of nitrogens with two attached hydrogens (primary N) is 3. The summed E-state index contributed by atoms with van der Waals surface area (Å²) in [6.45, 7) is 4.96. The number of phenolic OH excluding ortho intramolecular Hbond substituents is 3. The van der Waals surface area contributed by atoms with Gasteiger partial charge in [0, 0.05) is 97.6 Å². The molecule has 3 fully saturated rings. The Morgan fingerprint density at radius 3 is 1.97 bits per heavy atom. The number of benzene rings is 5. The first-order valence-corrected chi connectivity index (χ1v) is 50.3. The lowest BCUT2D eigenvalue weighted by atomic mass is 9.86. The number of anilines is 1. The second-order valence-electron chi connectivity index (χ2n) is 37.0. The van der Waals surface area contributed by atoms with Crippen molar-refractivity contribution in [2.75, 3.05) is 51.4 Å². The molecule has 49 nitrogen and oxygen atoms in total. The van der Waals surface area contributed by atoms with Crippen molar-refractivity contribution in [3.05, 3.63) is 168 Å². The number of carboxylic acid groups (broad SMARTS) is 2. The molecule has 9 aliphatic heterocycles. The van der Waals surface area contributed by atoms with Crippen molar-refractivity contribution in [1.82, 2.24) is 68.4 Å². The Kier molecular flexibility index (Phi) is 36.4. The molecule has 11 heterocycles. The molecule has 11 amide bonds. The molecule has 0 saturated carbocycles. The fraction of sp³-hybridized carbons (Fsp3) is 0.438. The number of oxime groups is 1. The molecule has 28 N–H and O–H groups in total. The van der Waals surface area contributed by atoms with Crippen LogP contribution < -0.4 is 94.5 Å². The van der Waals surface area contributed by atoms with Crippen molar-refractivity contribution in [2.24, 2.45) is 22.5 Å². The van der Waals surface area contributed by atoms with Crippen molar-refractivity contribution in [1.29, 1.82) is 0 Å². The first-order valence-electron chi connectivity index (χ1n) is 47.3. The lowest BCUT2D eigenvalue weighted by molar-refractivity contribution is -0.689. The average molecular weight is 2180 g/mol. The van der Waals surface area contributed by atoms with Gasteiger partial charge in [-0.3, -0.25) is 57.6 Å². The molecule has 150 heavy (non-hydrogen) atoms. The fourth-order valence-electron chi connectivity index (χ4n) is 17.9. The fourth-order valence-corrected chi connectivity index (χ4v) is 20.6. The zero-order chi connectivity index (χ0) is 108. The number of halogens is 3. The lowest BCUT2D eigenvalue weighted by Gasteiger charge is -2.49. The van der Waals surface area contributed by atoms with Gasteiger partial charge >= 0.3 is 11.9 Å². The zero-order valence-corrected chi connectivity index (χ0v) is 84.6. The van der Waals surface area contributed by atoms with Gasteiger partial charge in [-0.1, -0.05) is 89.4 Å². The second kappa shape index (κ2) is 48.7. The van der Waals surface area contributed by atoms with E-state index in [-0.39, 0.29) is 133 Å². The number of aliphatic carboxylic acids is 2. The van der Waals surface area contributed by atoms with E-state index in [1.807, 2.05) is 0 Å². The minimum absolute atomic E-state index is 0.00960. The summed E-state index contributed by atoms with van der Waals surface area (Å²) in [7, 11) is 1.46. The van der Waals surface area contributed by atoms with Crippen LogP contribution in [0.2, 0.25) is 14.4 Å². The summed E-state index contributed by atoms with van der Waals surface area (Å²) < 4.78 is 40.4. The van der Waals surface area contributed by atoms with Gasteiger partial charge in [-0.2, -0.15) is 0 Å². The smallest absolute Gasteiger partial charge is 0.352 e. The number of rotatable bonds is 34. The molecular formula is C96H112Cl3N18O31S2+. The number of β-lactam (4-membered cyclic amide) rings is 1. The Bertz CT molecular complexity index is 6410. The molecule has 7 aromatic rings. The summed E-state index contributed by atoms with van der Waals surface area (Å²) in [5.74, 6) is -20.6. The summed E-state index contributed by atoms with van der Waals surface area (Å²) >= 11 is 22.8. The minimum Gasteiger partial charge on any atom is -0.507 e. The van der Waals surface area contributed by atoms with E-state index in [0.717, 1.165) is 83.0 Å². The maximum absolute atomic E-state index is 16.4. The molecule has 0 spiro atoms. The molecule has 0 aliphatic carbocycles. The number of nitrogen functional groups attached to an aromatic ring is 1. The highest BCUT2D eigenvalue weighted by molar-refractivity contribution is 8.00. The van der Waals surface area contributed by atoms with Crippen LogP contribution in [0.4, 0.5) is 5.13 Å². The minimum atomic E-state index is -2.44. The van der Waals surface area contributed by atoms with Crippen molar-refractivity contribution in [2.45, 2.75) is 213 Å². The summed E-state index contributed by atoms with van der Waals surface area (Å²) in [5.41, 5.74) is 12.7. The number of aliphatic hydroxyl groups is 6. The van der Waals surface area contributed by atoms with Gasteiger partial charge in [0.15, 0.2) is 59.7 Å². The summed E-state index contributed by atoms with van der Waals surface area (Å²) in [5, 5.41) is 159. The monoisotopic (exact) mass is 2180 g/mol. The van der Waals surface area contributed by atoms with Gasteiger partial charge in [0.25, 0.3) is 11.8 Å². The lowest BCUT2D eigenvalue weighted by Crippen LogP contribution is -2.71. The van der Waals surface area contributed by atoms with Crippen molar-refractivity contribution >= 4 is 146 Å². The number of carbonyl (C=O) groups is 13. The molecule has 1 unspecified atom stereocenters. The van der Waals surface area contributed by atoms with Gasteiger partial charge in [-0.15, -0.1) is 11.8 Å². The molecule has 16 rings (SSSR count). The highest BCUT2D eigenvalue weighted by atomic mass is 35.5. The number of likely N-dealkylation sites (N-methyl/N-ethyl adjacent to an activating group) is 1. The summed E-state index contributed by atoms with van der Waals surface area (Å²) in [6.07, 6.45) is -15.1. The Morgan fingerprint density at radius 2 is 1.36 bits per heavy atom. The molecule has 2 aromatic heterocycles. The van der Waals surface area contributed by atoms with E-state index in [4.69, 9.17) is 85.3 Å². The van der Waals surface area contributed by atoms with Crippen LogP contribution in [0.1, 0.15) is 148 Å². The van der Waals surface area contributed by atoms with Crippen LogP contribution in [-0.2, 0) is 94.5 Å². The van der Waals surface area contributed by atoms with Crippen molar-refractivity contribution in [3.8, 4) is 57.1 Å². The largest absolute Gasteiger partial charge is 0.507 e. The van der Waals surface area contributed by atoms with Crippen LogP contribution in [0.25, 0.3) is 11.1 Å². The number of aliphatic hydroxyl groups excluding tert-OH is 6. The van der Waals surface area contributed by atoms with E-state index in [9.17, 15) is 94.5 Å². The number of unbranched alkanes of at least 4 members (excludes halogenated alkanes) is 1. The Balaban J connectivity index is 0.724. The van der Waals surface area contributed by atoms with E-state index in [2.05, 4.69) is 68.6 Å². The van der Waals surface area contributed by atoms with Crippen LogP contribution in [0, 0.1) is 5.92 Å². The van der Waals surface area contributed by atoms with Gasteiger partial charge in [-0.05, 0) is 123 Å². The molecule has 0 radical (unpaired) electrons. The third kappa shape index (κ3) is 25.7. The number of primary amides is 1. The van der Waals surface area contributed by atoms with Crippen molar-refractivity contribution < 1.29 is 156 Å². The number of phenols is 3. The zero-order valence-electron chi connectivity index (χ0n) is 80.7. The number of hydrogen-bond acceptors (Lipinski definition) is 37. The molecule has 3 saturated heterocycles. The molecule has 11 bridgehead atoms. The number of thiazole rings is 1. The number of pyridine rings is 1. The Hall–Kier alpha value is -13.5. The van der Waals surface area contributed by atoms with Gasteiger partial charge in [0.05, 0.1) is 46.9 Å². The average Bonchev–Trinajstić information content (AvgIpc) is 0.735. The molecular weight excluding hydrogens is 2070 g/mol. The van der Waals surface area contributed by atoms with Crippen LogP contribution in [0.3, 0.4) is 0 Å². The predicted molar refractivity (Wildman–Crippen MR) is 530 cm³/mol. The van der Waals surface area contributed by atoms with E-state index < -0.39 is 301 Å². The first kappa shape index (κ1) is 112. The van der Waals surface area contributed by atoms with E-state index >= 15 is 24.0 Å². The van der Waals surface area contributed by atoms with E-state index in [1.54, 1.807) is 49.0 Å². The SMILES string of the molecule is CN[C@H](CC(C)C)C(=O)NC1C(=O)N[C@@H](CC(N)=O)C(=O)N[C@H]2C(=O)N[C@H]3C(=O)N[C@H](C(=O)N[C@H](C(=O)O)c4cc(O)c(CNCCNC(=O)CCCCC(=O)NCCCO/N=C(\C(=O)N[C@@H]5C(=O)N6C(C(=O)O)=C(C[n+]7ccccc7)CS[C@H]56)c5nc(N)sc5Cl)c(O)c4-c4cc3ccc4O)[C@H](O)c3ccc(c(Cl)c3)Oc3cc2cc(c3O[C@@H]2O[C@H](CO)[C@@H](O)[C@H](O)[C@H]2O[C@H]2C[C@](C)(N)[C@H](O)[C@H](C)O2)Oc2ccc(cc2Cl)[C@H]1O. The number of aromatic nitrogens is 2. The summed E-state index contributed by atoms with van der Waals surface area (Å²) in [4.78, 5) is 197. The molecule has 20 atom stereocenters. The van der Waals surface area contributed by atoms with Crippen LogP contribution in [0.5, 0.6) is 46.0 Å². The number of nitrogens with zero attached hydrogens (tertiary/aromatic N) is 4. The number of fused-ring (bicyclic) bond motifs is 16. The number of nitrogens with one attached hydrogen (secondary N) is 11. The Morgan fingerprint density at radius 1 is 0.720 bits per heavy atom. The van der Waals surface area contributed by atoms with Gasteiger partial charge < -0.3 is 165 Å². The molecule has 5 aromatic carbocycles. The number of thioether (sulfide) groups is 1. The van der Waals surface area contributed by atoms with Crippen molar-refractivity contribution in [3.63, 3.8) is 0 Å². The van der Waals surface area contributed by atoms with Crippen LogP contribution in [0.15, 0.2) is 120 Å². The van der Waals surface area contributed by atoms with Gasteiger partial charge in [0.1, 0.15) is 123 Å². The number of aromatic hydroxyl groups is 3. The van der Waals surface area contributed by atoms with E-state index in [1.165, 1.54) is 38.7 Å². The Labute approximate surface area is 877 Å². The number of carboxylic acids is 2. The first-order chi connectivity index (χ1) is 71.3. The number of amides is 11. The molecule has 54 heteroatoms. The van der Waals surface area contributed by atoms with Gasteiger partial charge in [0.2, 0.25) is 65.2 Å². The van der Waals surface area contributed by atoms with Crippen LogP contribution >= 0.6 is 57.9 Å². The maximum atomic E-state index is 16.4. The number of hydrogen-bond donors (Lipinski definition) is 25. The normalized spacial score (nSPS) is 25.6. The highest BCUT2D eigenvalue weighted by Crippen LogP contribution is 2.52. The number of carbonyl (C=O) groups excluding carboxylic acids is 11. The number of ether oxygens (including phenoxy) is 6. The maximum Gasteiger partial charge on any atom is 0.352 e. The molecule has 804 valence electrons. The third-order valence-corrected chi connectivity index (χ3v) is 28.7. The predicted octanol–water partition coefficient (Wildman–Crippen LogP) is 0.218. The third-order valence-electron chi connectivity index (χ3n) is 25.7. The highest BCUT2D eigenvalue weighted by Gasteiger charge is 2.57.